The van der Waals surface area contributed by atoms with E-state index in [1.807, 2.05) is 13.8 Å². The molecule has 0 saturated carbocycles. The van der Waals surface area contributed by atoms with E-state index >= 15 is 0 Å². The van der Waals surface area contributed by atoms with E-state index in [4.69, 9.17) is 10.5 Å². The molecule has 2 N–H and O–H groups in total. The van der Waals surface area contributed by atoms with Gasteiger partial charge in [0.1, 0.15) is 6.61 Å². The van der Waals surface area contributed by atoms with Gasteiger partial charge in [-0.3, -0.25) is 4.90 Å². The highest BCUT2D eigenvalue weighted by Gasteiger charge is 2.38. The second-order valence-electron chi connectivity index (χ2n) is 3.66. The number of nitrogens with zero attached hydrogens (tertiary/aromatic N) is 1. The van der Waals surface area contributed by atoms with Crippen LogP contribution in [-0.4, -0.2) is 36.2 Å². The number of carbonyl (C=O) groups is 1. The Morgan fingerprint density at radius 1 is 1.67 bits per heavy atom. The van der Waals surface area contributed by atoms with Crippen LogP contribution in [0.3, 0.4) is 0 Å². The molecule has 0 atom stereocenters. The van der Waals surface area contributed by atoms with E-state index in [2.05, 4.69) is 0 Å². The van der Waals surface area contributed by atoms with E-state index < -0.39 is 0 Å². The molecule has 0 aromatic heterocycles. The maximum absolute atomic E-state index is 11.2. The minimum Gasteiger partial charge on any atom is -0.447 e. The summed E-state index contributed by atoms with van der Waals surface area (Å²) in [5.41, 5.74) is 5.20. The van der Waals surface area contributed by atoms with Crippen molar-refractivity contribution in [2.45, 2.75) is 25.8 Å². The molecule has 1 rings (SSSR count). The van der Waals surface area contributed by atoms with Crippen LogP contribution < -0.4 is 5.73 Å². The van der Waals surface area contributed by atoms with Gasteiger partial charge in [-0.1, -0.05) is 0 Å². The first kappa shape index (κ1) is 9.32. The molecular formula is C8H16N2O2. The summed E-state index contributed by atoms with van der Waals surface area (Å²) in [4.78, 5) is 12.9. The molecule has 4 nitrogen and oxygen atoms in total. The molecule has 0 radical (unpaired) electrons. The lowest BCUT2D eigenvalue weighted by molar-refractivity contribution is 0.155. The zero-order chi connectivity index (χ0) is 9.19. The van der Waals surface area contributed by atoms with Gasteiger partial charge >= 0.3 is 6.09 Å². The van der Waals surface area contributed by atoms with Crippen LogP contribution in [0.5, 0.6) is 0 Å². The van der Waals surface area contributed by atoms with E-state index in [-0.39, 0.29) is 11.6 Å². The van der Waals surface area contributed by atoms with E-state index in [0.29, 0.717) is 19.7 Å². The summed E-state index contributed by atoms with van der Waals surface area (Å²) in [7, 11) is 0. The summed E-state index contributed by atoms with van der Waals surface area (Å²) < 4.78 is 4.92. The first-order valence-electron chi connectivity index (χ1n) is 4.22. The molecule has 0 unspecified atom stereocenters. The lowest BCUT2D eigenvalue weighted by Crippen LogP contribution is -2.42. The maximum atomic E-state index is 11.2. The van der Waals surface area contributed by atoms with Crippen molar-refractivity contribution in [2.75, 3.05) is 19.7 Å². The highest BCUT2D eigenvalue weighted by Crippen LogP contribution is 2.22. The van der Waals surface area contributed by atoms with Crippen LogP contribution in [0.25, 0.3) is 0 Å². The van der Waals surface area contributed by atoms with Crippen LogP contribution in [0.4, 0.5) is 4.79 Å². The van der Waals surface area contributed by atoms with Gasteiger partial charge < -0.3 is 10.5 Å². The zero-order valence-electron chi connectivity index (χ0n) is 7.67. The second-order valence-corrected chi connectivity index (χ2v) is 3.66. The Morgan fingerprint density at radius 2 is 2.33 bits per heavy atom. The first-order chi connectivity index (χ1) is 5.58. The van der Waals surface area contributed by atoms with E-state index in [1.165, 1.54) is 0 Å². The molecule has 1 aliphatic heterocycles. The average molecular weight is 172 g/mol. The molecule has 1 saturated heterocycles. The average Bonchev–Trinajstić information content (AvgIpc) is 2.24. The lowest BCUT2D eigenvalue weighted by atomic mass is 10.1. The molecule has 0 bridgehead atoms. The third-order valence-electron chi connectivity index (χ3n) is 2.09. The summed E-state index contributed by atoms with van der Waals surface area (Å²) in [6.07, 6.45) is 0.617. The molecule has 4 heteroatoms. The first-order valence-corrected chi connectivity index (χ1v) is 4.22. The van der Waals surface area contributed by atoms with Crippen LogP contribution in [0.15, 0.2) is 0 Å². The van der Waals surface area contributed by atoms with Crippen molar-refractivity contribution in [1.29, 1.82) is 0 Å². The van der Waals surface area contributed by atoms with Gasteiger partial charge in [0.25, 0.3) is 0 Å². The molecule has 1 amide bonds. The Morgan fingerprint density at radius 3 is 2.75 bits per heavy atom. The monoisotopic (exact) mass is 172 g/mol. The fourth-order valence-electron chi connectivity index (χ4n) is 1.28. The third kappa shape index (κ3) is 1.69. The molecule has 1 fully saturated rings. The maximum Gasteiger partial charge on any atom is 0.410 e. The Bertz CT molecular complexity index is 180. The SMILES string of the molecule is CC1(C)COC(=O)N1CCCN. The predicted octanol–water partition coefficient (Wildman–Crippen LogP) is 0.566. The van der Waals surface area contributed by atoms with Gasteiger partial charge in [0.15, 0.2) is 0 Å². The summed E-state index contributed by atoms with van der Waals surface area (Å²) in [6.45, 7) is 5.78. The number of hydrogen-bond donors (Lipinski definition) is 1. The number of ether oxygens (including phenoxy) is 1. The van der Waals surface area contributed by atoms with Crippen molar-refractivity contribution in [3.63, 3.8) is 0 Å². The Labute approximate surface area is 72.7 Å². The smallest absolute Gasteiger partial charge is 0.410 e. The predicted molar refractivity (Wildman–Crippen MR) is 45.8 cm³/mol. The van der Waals surface area contributed by atoms with Crippen molar-refractivity contribution in [1.82, 2.24) is 4.90 Å². The van der Waals surface area contributed by atoms with Gasteiger partial charge in [-0.2, -0.15) is 0 Å². The van der Waals surface area contributed by atoms with E-state index in [9.17, 15) is 4.79 Å². The quantitative estimate of drug-likeness (QED) is 0.677. The highest BCUT2D eigenvalue weighted by atomic mass is 16.6. The fourth-order valence-corrected chi connectivity index (χ4v) is 1.28. The summed E-state index contributed by atoms with van der Waals surface area (Å²) in [5, 5.41) is 0. The van der Waals surface area contributed by atoms with Gasteiger partial charge in [-0.05, 0) is 26.8 Å². The van der Waals surface area contributed by atoms with Crippen molar-refractivity contribution in [3.8, 4) is 0 Å². The van der Waals surface area contributed by atoms with Crippen LogP contribution in [-0.2, 0) is 4.74 Å². The highest BCUT2D eigenvalue weighted by molar-refractivity contribution is 5.70. The summed E-state index contributed by atoms with van der Waals surface area (Å²) in [6, 6.07) is 0. The lowest BCUT2D eigenvalue weighted by Gasteiger charge is -2.27. The Kier molecular flexibility index (Phi) is 2.57. The van der Waals surface area contributed by atoms with E-state index in [1.54, 1.807) is 4.90 Å². The number of hydrogen-bond acceptors (Lipinski definition) is 3. The molecule has 0 spiro atoms. The van der Waals surface area contributed by atoms with Crippen LogP contribution >= 0.6 is 0 Å². The summed E-state index contributed by atoms with van der Waals surface area (Å²) in [5.74, 6) is 0. The van der Waals surface area contributed by atoms with Gasteiger partial charge in [0.2, 0.25) is 0 Å². The van der Waals surface area contributed by atoms with Gasteiger partial charge in [0, 0.05) is 6.54 Å². The second kappa shape index (κ2) is 3.31. The molecule has 0 aliphatic carbocycles. The molecule has 0 aromatic rings. The van der Waals surface area contributed by atoms with Crippen LogP contribution in [0.1, 0.15) is 20.3 Å². The van der Waals surface area contributed by atoms with Crippen molar-refractivity contribution in [3.05, 3.63) is 0 Å². The Balaban J connectivity index is 2.53. The zero-order valence-corrected chi connectivity index (χ0v) is 7.67. The van der Waals surface area contributed by atoms with Gasteiger partial charge in [-0.15, -0.1) is 0 Å². The van der Waals surface area contributed by atoms with Crippen molar-refractivity contribution in [2.24, 2.45) is 5.73 Å². The fraction of sp³-hybridized carbons (Fsp3) is 0.875. The topological polar surface area (TPSA) is 55.6 Å². The summed E-state index contributed by atoms with van der Waals surface area (Å²) >= 11 is 0. The number of nitrogens with two attached hydrogens (primary N) is 1. The standard InChI is InChI=1S/C8H16N2O2/c1-8(2)6-12-7(11)10(8)5-3-4-9/h3-6,9H2,1-2H3. The number of cyclic esters (lactones) is 1. The molecule has 1 heterocycles. The number of amides is 1. The molecular weight excluding hydrogens is 156 g/mol. The number of rotatable bonds is 3. The van der Waals surface area contributed by atoms with E-state index in [0.717, 1.165) is 6.42 Å². The molecule has 12 heavy (non-hydrogen) atoms. The largest absolute Gasteiger partial charge is 0.447 e. The molecule has 0 aromatic carbocycles. The van der Waals surface area contributed by atoms with Crippen LogP contribution in [0.2, 0.25) is 0 Å². The minimum atomic E-state index is -0.214. The third-order valence-corrected chi connectivity index (χ3v) is 2.09. The normalized spacial score (nSPS) is 21.2. The van der Waals surface area contributed by atoms with Crippen molar-refractivity contribution >= 4 is 6.09 Å². The molecule has 70 valence electrons. The van der Waals surface area contributed by atoms with Gasteiger partial charge in [-0.25, -0.2) is 4.79 Å². The van der Waals surface area contributed by atoms with Crippen molar-refractivity contribution < 1.29 is 9.53 Å². The number of carbonyl (C=O) groups excluding carboxylic acids is 1. The minimum absolute atomic E-state index is 0.160. The Hall–Kier alpha value is -0.770. The van der Waals surface area contributed by atoms with Crippen LogP contribution in [0, 0.1) is 0 Å². The molecule has 1 aliphatic rings. The van der Waals surface area contributed by atoms with Gasteiger partial charge in [0.05, 0.1) is 5.54 Å².